The van der Waals surface area contributed by atoms with Crippen molar-refractivity contribution in [2.45, 2.75) is 25.9 Å². The number of aliphatic hydroxyl groups is 1. The second-order valence-corrected chi connectivity index (χ2v) is 5.40. The highest BCUT2D eigenvalue weighted by molar-refractivity contribution is 5.85. The normalized spacial score (nSPS) is 12.7. The van der Waals surface area contributed by atoms with Gasteiger partial charge in [0, 0.05) is 13.5 Å². The van der Waals surface area contributed by atoms with Crippen LogP contribution in [0.3, 0.4) is 0 Å². The van der Waals surface area contributed by atoms with Crippen LogP contribution in [0, 0.1) is 0 Å². The van der Waals surface area contributed by atoms with Gasteiger partial charge >= 0.3 is 0 Å². The maximum Gasteiger partial charge on any atom is 0.0997 e. The van der Waals surface area contributed by atoms with E-state index < -0.39 is 6.10 Å². The molecule has 1 heterocycles. The monoisotopic (exact) mass is 280 g/mol. The van der Waals surface area contributed by atoms with Crippen LogP contribution in [0.2, 0.25) is 0 Å². The lowest BCUT2D eigenvalue weighted by Crippen LogP contribution is -2.08. The van der Waals surface area contributed by atoms with Crippen molar-refractivity contribution in [1.82, 2.24) is 9.78 Å². The summed E-state index contributed by atoms with van der Waals surface area (Å²) in [6.07, 6.45) is 0.951. The molecule has 1 N–H and O–H groups in total. The Morgan fingerprint density at radius 3 is 2.67 bits per heavy atom. The van der Waals surface area contributed by atoms with Crippen LogP contribution < -0.4 is 0 Å². The van der Waals surface area contributed by atoms with E-state index in [0.29, 0.717) is 6.42 Å². The summed E-state index contributed by atoms with van der Waals surface area (Å²) in [5, 5.41) is 17.4. The van der Waals surface area contributed by atoms with E-state index in [1.165, 1.54) is 16.3 Å². The first kappa shape index (κ1) is 13.8. The van der Waals surface area contributed by atoms with E-state index in [1.54, 1.807) is 4.68 Å². The number of hydrogen-bond acceptors (Lipinski definition) is 2. The van der Waals surface area contributed by atoms with Crippen molar-refractivity contribution in [2.75, 3.05) is 0 Å². The van der Waals surface area contributed by atoms with Gasteiger partial charge in [-0.25, -0.2) is 0 Å². The highest BCUT2D eigenvalue weighted by atomic mass is 16.3. The van der Waals surface area contributed by atoms with Gasteiger partial charge in [-0.05, 0) is 28.8 Å². The van der Waals surface area contributed by atoms with E-state index in [1.807, 2.05) is 31.3 Å². The fraction of sp³-hybridized carbons (Fsp3) is 0.278. The molecule has 0 amide bonds. The molecule has 0 fully saturated rings. The van der Waals surface area contributed by atoms with E-state index in [9.17, 15) is 5.11 Å². The van der Waals surface area contributed by atoms with E-state index in [4.69, 9.17) is 0 Å². The van der Waals surface area contributed by atoms with Crippen molar-refractivity contribution in [3.63, 3.8) is 0 Å². The molecule has 108 valence electrons. The predicted molar refractivity (Wildman–Crippen MR) is 85.2 cm³/mol. The van der Waals surface area contributed by atoms with Crippen LogP contribution in [0.15, 0.2) is 48.5 Å². The minimum absolute atomic E-state index is 0.534. The van der Waals surface area contributed by atoms with Crippen molar-refractivity contribution < 1.29 is 5.11 Å². The highest BCUT2D eigenvalue weighted by Crippen LogP contribution is 2.24. The summed E-state index contributed by atoms with van der Waals surface area (Å²) >= 11 is 0. The number of hydrogen-bond donors (Lipinski definition) is 1. The van der Waals surface area contributed by atoms with E-state index in [2.05, 4.69) is 36.3 Å². The maximum atomic E-state index is 10.6. The van der Waals surface area contributed by atoms with Crippen LogP contribution in [0.1, 0.15) is 30.0 Å². The number of aliphatic hydroxyl groups excluding tert-OH is 1. The van der Waals surface area contributed by atoms with Crippen LogP contribution in [0.25, 0.3) is 10.8 Å². The molecule has 0 aliphatic heterocycles. The number of aromatic nitrogens is 2. The molecule has 0 aliphatic carbocycles. The summed E-state index contributed by atoms with van der Waals surface area (Å²) in [6.45, 7) is 2.07. The topological polar surface area (TPSA) is 38.0 Å². The zero-order chi connectivity index (χ0) is 14.8. The summed E-state index contributed by atoms with van der Waals surface area (Å²) in [4.78, 5) is 0. The number of benzene rings is 2. The largest absolute Gasteiger partial charge is 0.386 e. The van der Waals surface area contributed by atoms with Gasteiger partial charge < -0.3 is 5.11 Å². The summed E-state index contributed by atoms with van der Waals surface area (Å²) in [6, 6.07) is 16.5. The Bertz CT molecular complexity index is 756. The number of nitrogens with zero attached hydrogens (tertiary/aromatic N) is 2. The van der Waals surface area contributed by atoms with Gasteiger partial charge in [0.1, 0.15) is 0 Å². The Labute approximate surface area is 124 Å². The third-order valence-corrected chi connectivity index (χ3v) is 3.96. The Kier molecular flexibility index (Phi) is 3.76. The zero-order valence-corrected chi connectivity index (χ0v) is 12.5. The first-order chi connectivity index (χ1) is 10.2. The summed E-state index contributed by atoms with van der Waals surface area (Å²) < 4.78 is 1.79. The summed E-state index contributed by atoms with van der Waals surface area (Å²) in [5.74, 6) is 0. The van der Waals surface area contributed by atoms with Crippen molar-refractivity contribution in [3.8, 4) is 0 Å². The first-order valence-corrected chi connectivity index (χ1v) is 7.36. The van der Waals surface area contributed by atoms with E-state index in [-0.39, 0.29) is 0 Å². The number of aryl methyl sites for hydroxylation is 2. The number of fused-ring (bicyclic) bond motifs is 1. The number of rotatable bonds is 4. The predicted octanol–water partition coefficient (Wildman–Crippen LogP) is 3.41. The lowest BCUT2D eigenvalue weighted by Gasteiger charge is -2.13. The van der Waals surface area contributed by atoms with Crippen molar-refractivity contribution in [1.29, 1.82) is 0 Å². The summed E-state index contributed by atoms with van der Waals surface area (Å²) in [5.41, 5.74) is 3.06. The molecular weight excluding hydrogens is 260 g/mol. The van der Waals surface area contributed by atoms with Gasteiger partial charge in [-0.15, -0.1) is 0 Å². The molecule has 0 aliphatic rings. The Balaban J connectivity index is 1.92. The molecule has 3 nitrogen and oxygen atoms in total. The van der Waals surface area contributed by atoms with Crippen LogP contribution in [0.4, 0.5) is 0 Å². The second-order valence-electron chi connectivity index (χ2n) is 5.40. The lowest BCUT2D eigenvalue weighted by molar-refractivity contribution is 0.169. The molecule has 21 heavy (non-hydrogen) atoms. The molecule has 0 saturated carbocycles. The van der Waals surface area contributed by atoms with Gasteiger partial charge in [0.05, 0.1) is 17.5 Å². The SMILES string of the molecule is CCc1cc(C(O)Cc2cccc3ccccc23)n(C)n1. The molecule has 2 aromatic carbocycles. The standard InChI is InChI=1S/C18H20N2O/c1-3-15-12-17(20(2)19-15)18(21)11-14-9-6-8-13-7-4-5-10-16(13)14/h4-10,12,18,21H,3,11H2,1-2H3. The second kappa shape index (κ2) is 5.70. The van der Waals surface area contributed by atoms with Crippen LogP contribution in [-0.4, -0.2) is 14.9 Å². The molecule has 0 bridgehead atoms. The van der Waals surface area contributed by atoms with Crippen LogP contribution in [-0.2, 0) is 19.9 Å². The van der Waals surface area contributed by atoms with Gasteiger partial charge in [0.2, 0.25) is 0 Å². The Morgan fingerprint density at radius 1 is 1.14 bits per heavy atom. The smallest absolute Gasteiger partial charge is 0.0997 e. The molecule has 0 saturated heterocycles. The average molecular weight is 280 g/mol. The van der Waals surface area contributed by atoms with Crippen LogP contribution >= 0.6 is 0 Å². The Hall–Kier alpha value is -2.13. The van der Waals surface area contributed by atoms with Gasteiger partial charge in [-0.2, -0.15) is 5.10 Å². The first-order valence-electron chi connectivity index (χ1n) is 7.36. The molecule has 1 unspecified atom stereocenters. The molecule has 3 heteroatoms. The minimum Gasteiger partial charge on any atom is -0.386 e. The molecule has 0 spiro atoms. The maximum absolute atomic E-state index is 10.6. The van der Waals surface area contributed by atoms with Gasteiger partial charge in [-0.1, -0.05) is 49.4 Å². The molecule has 3 aromatic rings. The fourth-order valence-electron chi connectivity index (χ4n) is 2.81. The molecule has 0 radical (unpaired) electrons. The third-order valence-electron chi connectivity index (χ3n) is 3.96. The summed E-state index contributed by atoms with van der Waals surface area (Å²) in [7, 11) is 1.89. The Morgan fingerprint density at radius 2 is 1.90 bits per heavy atom. The highest BCUT2D eigenvalue weighted by Gasteiger charge is 2.15. The van der Waals surface area contributed by atoms with Crippen LogP contribution in [0.5, 0.6) is 0 Å². The van der Waals surface area contributed by atoms with Crippen molar-refractivity contribution in [2.24, 2.45) is 7.05 Å². The molecule has 1 aromatic heterocycles. The van der Waals surface area contributed by atoms with Gasteiger partial charge in [0.25, 0.3) is 0 Å². The molecule has 3 rings (SSSR count). The van der Waals surface area contributed by atoms with Gasteiger partial charge in [0.15, 0.2) is 0 Å². The zero-order valence-electron chi connectivity index (χ0n) is 12.5. The average Bonchev–Trinajstić information content (AvgIpc) is 2.89. The lowest BCUT2D eigenvalue weighted by atomic mass is 9.98. The van der Waals surface area contributed by atoms with Gasteiger partial charge in [-0.3, -0.25) is 4.68 Å². The van der Waals surface area contributed by atoms with E-state index >= 15 is 0 Å². The van der Waals surface area contributed by atoms with Crippen molar-refractivity contribution in [3.05, 3.63) is 65.5 Å². The molecular formula is C18H20N2O. The quantitative estimate of drug-likeness (QED) is 0.795. The van der Waals surface area contributed by atoms with E-state index in [0.717, 1.165) is 17.8 Å². The molecule has 1 atom stereocenters. The minimum atomic E-state index is -0.534. The third kappa shape index (κ3) is 2.69. The van der Waals surface area contributed by atoms with Crippen molar-refractivity contribution >= 4 is 10.8 Å². The fourth-order valence-corrected chi connectivity index (χ4v) is 2.81.